The summed E-state index contributed by atoms with van der Waals surface area (Å²) in [5.41, 5.74) is 5.98. The number of nitrogens with one attached hydrogen (secondary N) is 3. The molecule has 10 nitrogen and oxygen atoms in total. The molecule has 0 fully saturated rings. The minimum Gasteiger partial charge on any atom is -0.335 e. The summed E-state index contributed by atoms with van der Waals surface area (Å²) in [5, 5.41) is 11.1. The second-order valence-corrected chi connectivity index (χ2v) is 9.09. The highest BCUT2D eigenvalue weighted by Gasteiger charge is 2.17. The smallest absolute Gasteiger partial charge is 0.238 e. The number of H-pyrrole nitrogens is 2. The molecule has 5 heterocycles. The number of nitrogens with zero attached hydrogens (tertiary/aromatic N) is 6. The van der Waals surface area contributed by atoms with Crippen LogP contribution in [-0.2, 0) is 4.79 Å². The van der Waals surface area contributed by atoms with Gasteiger partial charge in [0.15, 0.2) is 11.5 Å². The van der Waals surface area contributed by atoms with Gasteiger partial charge < -0.3 is 15.2 Å². The largest absolute Gasteiger partial charge is 0.335 e. The first-order chi connectivity index (χ1) is 18.4. The van der Waals surface area contributed by atoms with Crippen LogP contribution in [0.5, 0.6) is 0 Å². The van der Waals surface area contributed by atoms with E-state index >= 15 is 0 Å². The van der Waals surface area contributed by atoms with Crippen LogP contribution in [0.25, 0.3) is 56.0 Å². The predicted molar refractivity (Wildman–Crippen MR) is 143 cm³/mol. The van der Waals surface area contributed by atoms with Crippen LogP contribution < -0.4 is 5.32 Å². The van der Waals surface area contributed by atoms with Gasteiger partial charge in [-0.1, -0.05) is 12.1 Å². The number of aromatic nitrogens is 7. The van der Waals surface area contributed by atoms with Gasteiger partial charge in [0, 0.05) is 28.9 Å². The Hall–Kier alpha value is -5.03. The van der Waals surface area contributed by atoms with Crippen LogP contribution in [-0.4, -0.2) is 66.6 Å². The van der Waals surface area contributed by atoms with E-state index in [4.69, 9.17) is 0 Å². The topological polar surface area (TPSA) is 128 Å². The average molecular weight is 508 g/mol. The van der Waals surface area contributed by atoms with Crippen LogP contribution in [0.3, 0.4) is 0 Å². The summed E-state index contributed by atoms with van der Waals surface area (Å²) in [4.78, 5) is 35.1. The molecule has 188 valence electrons. The predicted octanol–water partition coefficient (Wildman–Crippen LogP) is 4.26. The van der Waals surface area contributed by atoms with E-state index in [1.54, 1.807) is 35.8 Å². The first kappa shape index (κ1) is 23.4. The Bertz CT molecular complexity index is 1810. The summed E-state index contributed by atoms with van der Waals surface area (Å²) in [6.07, 6.45) is 6.62. The van der Waals surface area contributed by atoms with Crippen LogP contribution in [0.15, 0.2) is 67.3 Å². The summed E-state index contributed by atoms with van der Waals surface area (Å²) in [6, 6.07) is 11.9. The summed E-state index contributed by atoms with van der Waals surface area (Å²) in [5.74, 6) is 0.0644. The van der Waals surface area contributed by atoms with E-state index in [1.807, 2.05) is 38.4 Å². The van der Waals surface area contributed by atoms with Gasteiger partial charge in [-0.3, -0.25) is 19.9 Å². The molecular formula is C27H22FN9O. The van der Waals surface area contributed by atoms with Gasteiger partial charge in [0.05, 0.1) is 41.4 Å². The highest BCUT2D eigenvalue weighted by molar-refractivity contribution is 5.97. The number of hydrogen-bond donors (Lipinski definition) is 3. The maximum absolute atomic E-state index is 13.9. The molecule has 0 radical (unpaired) electrons. The van der Waals surface area contributed by atoms with E-state index in [0.29, 0.717) is 34.1 Å². The van der Waals surface area contributed by atoms with Crippen molar-refractivity contribution >= 4 is 33.7 Å². The summed E-state index contributed by atoms with van der Waals surface area (Å²) >= 11 is 0. The van der Waals surface area contributed by atoms with Gasteiger partial charge in [-0.25, -0.2) is 14.4 Å². The number of fused-ring (bicyclic) bond motifs is 2. The van der Waals surface area contributed by atoms with Gasteiger partial charge in [0.25, 0.3) is 0 Å². The zero-order chi connectivity index (χ0) is 26.2. The number of amides is 1. The lowest BCUT2D eigenvalue weighted by molar-refractivity contribution is -0.116. The monoisotopic (exact) mass is 507 g/mol. The van der Waals surface area contributed by atoms with Crippen LogP contribution in [0.4, 0.5) is 10.1 Å². The van der Waals surface area contributed by atoms with Crippen molar-refractivity contribution in [3.05, 3.63) is 73.1 Å². The standard InChI is InChI=1S/C27H22FN9O/c1-37(2)14-23(38)32-18-9-16(11-29-12-18)21-10-20-22(13-31-21)35-36-25(20)27-33-24-19(6-7-30-26(24)34-27)15-4-3-5-17(28)8-15/h3-13H,14H2,1-2H3,(H,32,38)(H,35,36)(H,30,33,34). The highest BCUT2D eigenvalue weighted by atomic mass is 19.1. The Labute approximate surface area is 216 Å². The molecule has 3 N–H and O–H groups in total. The Balaban J connectivity index is 1.38. The van der Waals surface area contributed by atoms with Crippen molar-refractivity contribution in [3.63, 3.8) is 0 Å². The lowest BCUT2D eigenvalue weighted by Gasteiger charge is -2.10. The number of halogens is 1. The maximum atomic E-state index is 13.9. The summed E-state index contributed by atoms with van der Waals surface area (Å²) < 4.78 is 13.9. The molecule has 0 aliphatic heterocycles. The van der Waals surface area contributed by atoms with Crippen molar-refractivity contribution in [1.82, 2.24) is 40.0 Å². The van der Waals surface area contributed by atoms with Crippen molar-refractivity contribution in [2.75, 3.05) is 26.0 Å². The lowest BCUT2D eigenvalue weighted by atomic mass is 10.1. The average Bonchev–Trinajstić information content (AvgIpc) is 3.52. The van der Waals surface area contributed by atoms with E-state index in [-0.39, 0.29) is 18.3 Å². The Kier molecular flexibility index (Phi) is 5.81. The molecule has 1 amide bonds. The van der Waals surface area contributed by atoms with Gasteiger partial charge in [-0.2, -0.15) is 5.10 Å². The molecule has 11 heteroatoms. The fourth-order valence-corrected chi connectivity index (χ4v) is 4.31. The molecule has 0 aliphatic rings. The number of benzene rings is 1. The Morgan fingerprint density at radius 3 is 2.79 bits per heavy atom. The summed E-state index contributed by atoms with van der Waals surface area (Å²) in [7, 11) is 3.66. The molecule has 6 rings (SSSR count). The molecular weight excluding hydrogens is 485 g/mol. The van der Waals surface area contributed by atoms with E-state index in [1.165, 1.54) is 12.1 Å². The highest BCUT2D eigenvalue weighted by Crippen LogP contribution is 2.32. The first-order valence-corrected chi connectivity index (χ1v) is 11.8. The first-order valence-electron chi connectivity index (χ1n) is 11.8. The number of rotatable bonds is 6. The SMILES string of the molecule is CN(C)CC(=O)Nc1cncc(-c2cc3c(-c4nc5nccc(-c6cccc(F)c6)c5[nH]4)n[nH]c3cn2)c1. The number of imidazole rings is 1. The minimum absolute atomic E-state index is 0.134. The third kappa shape index (κ3) is 4.46. The minimum atomic E-state index is -0.318. The normalized spacial score (nSPS) is 11.5. The van der Waals surface area contributed by atoms with Crippen molar-refractivity contribution in [1.29, 1.82) is 0 Å². The number of pyridine rings is 3. The van der Waals surface area contributed by atoms with E-state index in [0.717, 1.165) is 27.6 Å². The molecule has 0 atom stereocenters. The Morgan fingerprint density at radius 1 is 1.05 bits per heavy atom. The van der Waals surface area contributed by atoms with Crippen molar-refractivity contribution in [2.45, 2.75) is 0 Å². The van der Waals surface area contributed by atoms with Gasteiger partial charge >= 0.3 is 0 Å². The van der Waals surface area contributed by atoms with Crippen molar-refractivity contribution < 1.29 is 9.18 Å². The van der Waals surface area contributed by atoms with E-state index < -0.39 is 0 Å². The van der Waals surface area contributed by atoms with Crippen LogP contribution in [0.2, 0.25) is 0 Å². The third-order valence-electron chi connectivity index (χ3n) is 5.98. The fraction of sp³-hybridized carbons (Fsp3) is 0.111. The van der Waals surface area contributed by atoms with E-state index in [9.17, 15) is 9.18 Å². The molecule has 0 spiro atoms. The molecule has 38 heavy (non-hydrogen) atoms. The van der Waals surface area contributed by atoms with Gasteiger partial charge in [0.1, 0.15) is 11.5 Å². The number of aromatic amines is 2. The molecule has 0 bridgehead atoms. The van der Waals surface area contributed by atoms with Crippen LogP contribution in [0, 0.1) is 5.82 Å². The second-order valence-electron chi connectivity index (χ2n) is 9.09. The summed E-state index contributed by atoms with van der Waals surface area (Å²) in [6.45, 7) is 0.264. The quantitative estimate of drug-likeness (QED) is 0.307. The second kappa shape index (κ2) is 9.45. The molecule has 0 aliphatic carbocycles. The van der Waals surface area contributed by atoms with Gasteiger partial charge in [0.2, 0.25) is 5.91 Å². The Morgan fingerprint density at radius 2 is 1.95 bits per heavy atom. The fourth-order valence-electron chi connectivity index (χ4n) is 4.31. The lowest BCUT2D eigenvalue weighted by Crippen LogP contribution is -2.27. The van der Waals surface area contributed by atoms with Crippen molar-refractivity contribution in [2.24, 2.45) is 0 Å². The number of carbonyl (C=O) groups is 1. The molecule has 5 aromatic heterocycles. The molecule has 6 aromatic rings. The molecule has 0 unspecified atom stereocenters. The zero-order valence-electron chi connectivity index (χ0n) is 20.5. The van der Waals surface area contributed by atoms with Crippen LogP contribution in [0.1, 0.15) is 0 Å². The van der Waals surface area contributed by atoms with Crippen LogP contribution >= 0.6 is 0 Å². The van der Waals surface area contributed by atoms with Crippen molar-refractivity contribution in [3.8, 4) is 33.9 Å². The van der Waals surface area contributed by atoms with E-state index in [2.05, 4.69) is 40.4 Å². The number of hydrogen-bond acceptors (Lipinski definition) is 7. The molecule has 1 aromatic carbocycles. The number of likely N-dealkylation sites (N-methyl/N-ethyl adjacent to an activating group) is 1. The maximum Gasteiger partial charge on any atom is 0.238 e. The molecule has 0 saturated carbocycles. The number of anilines is 1. The zero-order valence-corrected chi connectivity index (χ0v) is 20.5. The van der Waals surface area contributed by atoms with Gasteiger partial charge in [-0.05, 0) is 50.0 Å². The third-order valence-corrected chi connectivity index (χ3v) is 5.98. The molecule has 0 saturated heterocycles. The van der Waals surface area contributed by atoms with Gasteiger partial charge in [-0.15, -0.1) is 0 Å². The number of carbonyl (C=O) groups excluding carboxylic acids is 1.